The van der Waals surface area contributed by atoms with Crippen LogP contribution >= 0.6 is 0 Å². The number of anilines is 2. The Morgan fingerprint density at radius 2 is 2.00 bits per heavy atom. The molecule has 0 saturated carbocycles. The summed E-state index contributed by atoms with van der Waals surface area (Å²) >= 11 is 0. The summed E-state index contributed by atoms with van der Waals surface area (Å²) in [6, 6.07) is 0. The molecule has 1 aromatic rings. The molecule has 0 radical (unpaired) electrons. The first kappa shape index (κ1) is 13.1. The summed E-state index contributed by atoms with van der Waals surface area (Å²) in [5, 5.41) is 0. The second-order valence-corrected chi connectivity index (χ2v) is 5.43. The lowest BCUT2D eigenvalue weighted by molar-refractivity contribution is 0.435. The van der Waals surface area contributed by atoms with E-state index in [2.05, 4.69) is 41.1 Å². The summed E-state index contributed by atoms with van der Waals surface area (Å²) < 4.78 is 0. The molecule has 0 spiro atoms. The van der Waals surface area contributed by atoms with E-state index >= 15 is 0 Å². The zero-order valence-corrected chi connectivity index (χ0v) is 11.5. The minimum absolute atomic E-state index is 0.353. The van der Waals surface area contributed by atoms with Gasteiger partial charge < -0.3 is 10.3 Å². The first-order chi connectivity index (χ1) is 8.63. The molecule has 1 saturated heterocycles. The van der Waals surface area contributed by atoms with Gasteiger partial charge in [-0.15, -0.1) is 0 Å². The molecule has 100 valence electrons. The van der Waals surface area contributed by atoms with Gasteiger partial charge in [-0.3, -0.25) is 0 Å². The molecule has 2 rings (SSSR count). The van der Waals surface area contributed by atoms with Crippen LogP contribution in [0.3, 0.4) is 0 Å². The predicted octanol–water partition coefficient (Wildman–Crippen LogP) is 2.12. The lowest BCUT2D eigenvalue weighted by Gasteiger charge is -2.33. The Bertz CT molecular complexity index is 396. The van der Waals surface area contributed by atoms with Gasteiger partial charge in [0.2, 0.25) is 0 Å². The van der Waals surface area contributed by atoms with E-state index in [0.29, 0.717) is 5.92 Å². The first-order valence-corrected chi connectivity index (χ1v) is 6.70. The van der Waals surface area contributed by atoms with Gasteiger partial charge in [0.1, 0.15) is 18.0 Å². The quantitative estimate of drug-likeness (QED) is 0.634. The van der Waals surface area contributed by atoms with Gasteiger partial charge in [-0.1, -0.05) is 20.8 Å². The third-order valence-corrected chi connectivity index (χ3v) is 3.66. The average Bonchev–Trinajstić information content (AvgIpc) is 2.38. The number of hydrogen-bond acceptors (Lipinski definition) is 5. The fourth-order valence-electron chi connectivity index (χ4n) is 2.51. The van der Waals surface area contributed by atoms with Crippen LogP contribution in [0.1, 0.15) is 45.1 Å². The van der Waals surface area contributed by atoms with E-state index in [1.54, 1.807) is 6.33 Å². The first-order valence-electron chi connectivity index (χ1n) is 6.70. The summed E-state index contributed by atoms with van der Waals surface area (Å²) in [4.78, 5) is 11.1. The average molecular weight is 249 g/mol. The van der Waals surface area contributed by atoms with E-state index in [-0.39, 0.29) is 0 Å². The number of nitrogens with two attached hydrogens (primary N) is 1. The zero-order valence-electron chi connectivity index (χ0n) is 11.5. The summed E-state index contributed by atoms with van der Waals surface area (Å²) in [5.74, 6) is 8.51. The molecule has 3 N–H and O–H groups in total. The normalized spacial score (nSPS) is 17.3. The second kappa shape index (κ2) is 5.52. The van der Waals surface area contributed by atoms with Gasteiger partial charge in [0, 0.05) is 18.7 Å². The molecule has 0 aromatic carbocycles. The van der Waals surface area contributed by atoms with Crippen molar-refractivity contribution in [1.82, 2.24) is 9.97 Å². The molecule has 0 amide bonds. The van der Waals surface area contributed by atoms with Gasteiger partial charge in [0.05, 0.1) is 0 Å². The van der Waals surface area contributed by atoms with Crippen LogP contribution in [-0.4, -0.2) is 23.1 Å². The molecule has 0 bridgehead atoms. The van der Waals surface area contributed by atoms with Crippen molar-refractivity contribution in [2.24, 2.45) is 11.8 Å². The molecule has 18 heavy (non-hydrogen) atoms. The summed E-state index contributed by atoms with van der Waals surface area (Å²) in [6.07, 6.45) is 4.05. The van der Waals surface area contributed by atoms with E-state index in [1.807, 2.05) is 0 Å². The van der Waals surface area contributed by atoms with E-state index in [0.717, 1.165) is 36.2 Å². The van der Waals surface area contributed by atoms with Crippen molar-refractivity contribution in [1.29, 1.82) is 0 Å². The molecular formula is C13H23N5. The molecule has 5 heteroatoms. The monoisotopic (exact) mass is 249 g/mol. The van der Waals surface area contributed by atoms with Crippen molar-refractivity contribution in [2.45, 2.75) is 39.5 Å². The van der Waals surface area contributed by atoms with E-state index in [4.69, 9.17) is 5.84 Å². The number of aromatic nitrogens is 2. The maximum atomic E-state index is 5.55. The van der Waals surface area contributed by atoms with Crippen LogP contribution in [0.4, 0.5) is 11.6 Å². The fraction of sp³-hybridized carbons (Fsp3) is 0.692. The van der Waals surface area contributed by atoms with E-state index in [1.165, 1.54) is 12.8 Å². The Kier molecular flexibility index (Phi) is 4.01. The third kappa shape index (κ3) is 2.56. The highest BCUT2D eigenvalue weighted by molar-refractivity contribution is 5.60. The Balaban J connectivity index is 2.32. The Hall–Kier alpha value is -1.36. The highest BCUT2D eigenvalue weighted by Gasteiger charge is 2.22. The third-order valence-electron chi connectivity index (χ3n) is 3.66. The molecule has 0 atom stereocenters. The molecule has 1 fully saturated rings. The standard InChI is InChI=1S/C13H23N5/c1-9(2)11-12(17-14)15-8-16-13(11)18-6-4-10(3)5-7-18/h8-10H,4-7,14H2,1-3H3,(H,15,16,17). The van der Waals surface area contributed by atoms with Gasteiger partial charge in [0.15, 0.2) is 0 Å². The van der Waals surface area contributed by atoms with Crippen LogP contribution in [0.5, 0.6) is 0 Å². The fourth-order valence-corrected chi connectivity index (χ4v) is 2.51. The van der Waals surface area contributed by atoms with Gasteiger partial charge in [-0.05, 0) is 24.7 Å². The number of piperidine rings is 1. The highest BCUT2D eigenvalue weighted by Crippen LogP contribution is 2.32. The van der Waals surface area contributed by atoms with Crippen molar-refractivity contribution < 1.29 is 0 Å². The molecule has 0 unspecified atom stereocenters. The van der Waals surface area contributed by atoms with Crippen molar-refractivity contribution in [3.8, 4) is 0 Å². The Morgan fingerprint density at radius 1 is 1.33 bits per heavy atom. The number of rotatable bonds is 3. The largest absolute Gasteiger partial charge is 0.356 e. The topological polar surface area (TPSA) is 67.1 Å². The van der Waals surface area contributed by atoms with E-state index in [9.17, 15) is 0 Å². The molecule has 0 aliphatic carbocycles. The lowest BCUT2D eigenvalue weighted by Crippen LogP contribution is -2.34. The SMILES string of the molecule is CC1CCN(c2ncnc(NN)c2C(C)C)CC1. The van der Waals surface area contributed by atoms with Gasteiger partial charge in [-0.2, -0.15) is 0 Å². The molecule has 5 nitrogen and oxygen atoms in total. The number of nitrogen functional groups attached to an aromatic ring is 1. The van der Waals surface area contributed by atoms with Crippen LogP contribution < -0.4 is 16.2 Å². The molecule has 1 aliphatic heterocycles. The van der Waals surface area contributed by atoms with E-state index < -0.39 is 0 Å². The van der Waals surface area contributed by atoms with Crippen LogP contribution in [-0.2, 0) is 0 Å². The van der Waals surface area contributed by atoms with Crippen molar-refractivity contribution >= 4 is 11.6 Å². The minimum atomic E-state index is 0.353. The van der Waals surface area contributed by atoms with Crippen molar-refractivity contribution in [3.05, 3.63) is 11.9 Å². The highest BCUT2D eigenvalue weighted by atomic mass is 15.3. The summed E-state index contributed by atoms with van der Waals surface area (Å²) in [5.41, 5.74) is 3.81. The zero-order chi connectivity index (χ0) is 13.1. The number of nitrogens with one attached hydrogen (secondary N) is 1. The van der Waals surface area contributed by atoms with Gasteiger partial charge in [0.25, 0.3) is 0 Å². The van der Waals surface area contributed by atoms with Crippen LogP contribution in [0.25, 0.3) is 0 Å². The molecule has 1 aromatic heterocycles. The van der Waals surface area contributed by atoms with Crippen molar-refractivity contribution in [2.75, 3.05) is 23.4 Å². The maximum Gasteiger partial charge on any atom is 0.148 e. The second-order valence-electron chi connectivity index (χ2n) is 5.43. The molecular weight excluding hydrogens is 226 g/mol. The lowest BCUT2D eigenvalue weighted by atomic mass is 9.97. The predicted molar refractivity (Wildman–Crippen MR) is 74.5 cm³/mol. The molecule has 1 aliphatic rings. The summed E-state index contributed by atoms with van der Waals surface area (Å²) in [7, 11) is 0. The number of hydrazine groups is 1. The smallest absolute Gasteiger partial charge is 0.148 e. The summed E-state index contributed by atoms with van der Waals surface area (Å²) in [6.45, 7) is 8.75. The maximum absolute atomic E-state index is 5.55. The Labute approximate surface area is 109 Å². The van der Waals surface area contributed by atoms with Crippen molar-refractivity contribution in [3.63, 3.8) is 0 Å². The molecule has 2 heterocycles. The van der Waals surface area contributed by atoms with Crippen LogP contribution in [0.2, 0.25) is 0 Å². The van der Waals surface area contributed by atoms with Gasteiger partial charge >= 0.3 is 0 Å². The minimum Gasteiger partial charge on any atom is -0.356 e. The number of nitrogens with zero attached hydrogens (tertiary/aromatic N) is 3. The Morgan fingerprint density at radius 3 is 2.56 bits per heavy atom. The van der Waals surface area contributed by atoms with Gasteiger partial charge in [-0.25, -0.2) is 15.8 Å². The van der Waals surface area contributed by atoms with Crippen LogP contribution in [0, 0.1) is 5.92 Å². The van der Waals surface area contributed by atoms with Crippen LogP contribution in [0.15, 0.2) is 6.33 Å². The number of hydrogen-bond donors (Lipinski definition) is 2.